The van der Waals surface area contributed by atoms with Crippen LogP contribution in [0.15, 0.2) is 29.1 Å². The predicted molar refractivity (Wildman–Crippen MR) is 70.0 cm³/mol. The van der Waals surface area contributed by atoms with Crippen LogP contribution in [-0.4, -0.2) is 29.2 Å². The van der Waals surface area contributed by atoms with Gasteiger partial charge in [0, 0.05) is 17.1 Å². The number of hydrogen-bond acceptors (Lipinski definition) is 5. The van der Waals surface area contributed by atoms with Crippen LogP contribution in [0.25, 0.3) is 5.69 Å². The largest absolute Gasteiger partial charge is 0.460 e. The fraction of sp³-hybridized carbons (Fsp3) is 0.154. The second-order valence-electron chi connectivity index (χ2n) is 3.67. The number of ether oxygens (including phenoxy) is 1. The number of aldehydes is 1. The van der Waals surface area contributed by atoms with Gasteiger partial charge in [0.25, 0.3) is 5.78 Å². The minimum atomic E-state index is -0.914. The third-order valence-corrected chi connectivity index (χ3v) is 3.15. The predicted octanol–water partition coefficient (Wildman–Crippen LogP) is 2.10. The topological polar surface area (TPSA) is 65.4 Å². The minimum Gasteiger partial charge on any atom is -0.460 e. The molecule has 5 nitrogen and oxygen atoms in total. The molecule has 0 aliphatic heterocycles. The van der Waals surface area contributed by atoms with Crippen LogP contribution in [0.5, 0.6) is 0 Å². The maximum absolute atomic E-state index is 11.8. The first kappa shape index (κ1) is 13.2. The lowest BCUT2D eigenvalue weighted by molar-refractivity contribution is -0.137. The molecule has 2 heterocycles. The Morgan fingerprint density at radius 2 is 2.26 bits per heavy atom. The van der Waals surface area contributed by atoms with Crippen molar-refractivity contribution in [3.05, 3.63) is 40.3 Å². The molecule has 0 spiro atoms. The monoisotopic (exact) mass is 277 g/mol. The molecule has 98 valence electrons. The molecule has 0 aliphatic rings. The molecular formula is C13H11NO4S. The van der Waals surface area contributed by atoms with Gasteiger partial charge in [0.05, 0.1) is 18.0 Å². The number of rotatable bonds is 5. The van der Waals surface area contributed by atoms with Crippen LogP contribution >= 0.6 is 11.3 Å². The number of ketones is 1. The highest BCUT2D eigenvalue weighted by Gasteiger charge is 2.20. The highest BCUT2D eigenvalue weighted by molar-refractivity contribution is 7.08. The molecule has 0 saturated carbocycles. The number of nitrogens with zero attached hydrogens (tertiary/aromatic N) is 1. The molecule has 0 radical (unpaired) electrons. The molecule has 0 bridgehead atoms. The Morgan fingerprint density at radius 3 is 2.84 bits per heavy atom. The van der Waals surface area contributed by atoms with E-state index in [-0.39, 0.29) is 12.2 Å². The van der Waals surface area contributed by atoms with Crippen molar-refractivity contribution >= 4 is 29.4 Å². The summed E-state index contributed by atoms with van der Waals surface area (Å²) in [7, 11) is 0. The van der Waals surface area contributed by atoms with Crippen LogP contribution in [0.2, 0.25) is 0 Å². The molecule has 2 aromatic heterocycles. The average Bonchev–Trinajstić information content (AvgIpc) is 3.06. The zero-order valence-electron chi connectivity index (χ0n) is 10.2. The lowest BCUT2D eigenvalue weighted by Gasteiger charge is -2.00. The van der Waals surface area contributed by atoms with Gasteiger partial charge in [0.15, 0.2) is 6.29 Å². The van der Waals surface area contributed by atoms with Gasteiger partial charge in [-0.05, 0) is 24.4 Å². The maximum atomic E-state index is 11.8. The summed E-state index contributed by atoms with van der Waals surface area (Å²) >= 11 is 1.47. The summed E-state index contributed by atoms with van der Waals surface area (Å²) in [5.74, 6) is -1.67. The molecule has 2 aromatic rings. The smallest absolute Gasteiger partial charge is 0.379 e. The van der Waals surface area contributed by atoms with E-state index in [1.54, 1.807) is 11.5 Å². The van der Waals surface area contributed by atoms with E-state index in [0.717, 1.165) is 5.69 Å². The average molecular weight is 277 g/mol. The molecule has 2 rings (SSSR count). The van der Waals surface area contributed by atoms with E-state index in [2.05, 4.69) is 4.74 Å². The van der Waals surface area contributed by atoms with Crippen LogP contribution in [0.3, 0.4) is 0 Å². The minimum absolute atomic E-state index is 0.135. The number of carbonyl (C=O) groups excluding carboxylic acids is 3. The fourth-order valence-electron chi connectivity index (χ4n) is 1.63. The summed E-state index contributed by atoms with van der Waals surface area (Å²) < 4.78 is 6.21. The Balaban J connectivity index is 2.37. The fourth-order valence-corrected chi connectivity index (χ4v) is 2.26. The summed E-state index contributed by atoms with van der Waals surface area (Å²) in [4.78, 5) is 34.2. The summed E-state index contributed by atoms with van der Waals surface area (Å²) in [6.07, 6.45) is 2.10. The van der Waals surface area contributed by atoms with Crippen molar-refractivity contribution in [2.45, 2.75) is 6.92 Å². The van der Waals surface area contributed by atoms with Crippen molar-refractivity contribution in [3.8, 4) is 5.69 Å². The highest BCUT2D eigenvalue weighted by atomic mass is 32.1. The zero-order valence-corrected chi connectivity index (χ0v) is 11.0. The third kappa shape index (κ3) is 2.63. The van der Waals surface area contributed by atoms with E-state index in [9.17, 15) is 14.4 Å². The van der Waals surface area contributed by atoms with Crippen LogP contribution in [0, 0.1) is 0 Å². The van der Waals surface area contributed by atoms with Gasteiger partial charge >= 0.3 is 5.97 Å². The summed E-state index contributed by atoms with van der Waals surface area (Å²) in [6.45, 7) is 1.76. The lowest BCUT2D eigenvalue weighted by atomic mass is 10.2. The number of Topliss-reactive ketones (excluding diaryl/α,β-unsaturated/α-hetero) is 1. The van der Waals surface area contributed by atoms with E-state index in [4.69, 9.17) is 0 Å². The first-order valence-corrected chi connectivity index (χ1v) is 6.53. The highest BCUT2D eigenvalue weighted by Crippen LogP contribution is 2.18. The molecule has 0 aliphatic carbocycles. The number of aromatic nitrogens is 1. The molecule has 0 unspecified atom stereocenters. The van der Waals surface area contributed by atoms with Crippen molar-refractivity contribution in [3.63, 3.8) is 0 Å². The van der Waals surface area contributed by atoms with E-state index in [1.165, 1.54) is 23.6 Å². The number of carbonyl (C=O) groups is 3. The number of esters is 1. The summed E-state index contributed by atoms with van der Waals surface area (Å²) in [5.41, 5.74) is 1.23. The van der Waals surface area contributed by atoms with Crippen LogP contribution in [-0.2, 0) is 9.53 Å². The number of thiophene rings is 1. The van der Waals surface area contributed by atoms with E-state index in [1.807, 2.05) is 16.8 Å². The lowest BCUT2D eigenvalue weighted by Crippen LogP contribution is -2.16. The Bertz CT molecular complexity index is 613. The molecule has 6 heteroatoms. The first-order chi connectivity index (χ1) is 9.17. The van der Waals surface area contributed by atoms with Gasteiger partial charge < -0.3 is 9.30 Å². The number of hydrogen-bond donors (Lipinski definition) is 0. The van der Waals surface area contributed by atoms with Crippen molar-refractivity contribution < 1.29 is 19.1 Å². The van der Waals surface area contributed by atoms with E-state index >= 15 is 0 Å². The van der Waals surface area contributed by atoms with Gasteiger partial charge in [-0.15, -0.1) is 0 Å². The molecular weight excluding hydrogens is 266 g/mol. The van der Waals surface area contributed by atoms with Gasteiger partial charge in [-0.1, -0.05) is 0 Å². The van der Waals surface area contributed by atoms with Gasteiger partial charge in [0.1, 0.15) is 0 Å². The second-order valence-corrected chi connectivity index (χ2v) is 4.45. The standard InChI is InChI=1S/C13H11NO4S/c1-2-18-13(17)12(16)9-5-11(7-15)14(6-9)10-3-4-19-8-10/h3-8H,2H2,1H3. The molecule has 0 saturated heterocycles. The van der Waals surface area contributed by atoms with Crippen molar-refractivity contribution in [2.75, 3.05) is 6.61 Å². The second kappa shape index (κ2) is 5.62. The first-order valence-electron chi connectivity index (χ1n) is 5.59. The quantitative estimate of drug-likeness (QED) is 0.363. The van der Waals surface area contributed by atoms with Crippen molar-refractivity contribution in [1.29, 1.82) is 0 Å². The molecule has 0 aromatic carbocycles. The Morgan fingerprint density at radius 1 is 1.47 bits per heavy atom. The SMILES string of the molecule is CCOC(=O)C(=O)c1cc(C=O)n(-c2ccsc2)c1. The van der Waals surface area contributed by atoms with E-state index < -0.39 is 11.8 Å². The molecule has 0 N–H and O–H groups in total. The Hall–Kier alpha value is -2.21. The van der Waals surface area contributed by atoms with Crippen molar-refractivity contribution in [2.24, 2.45) is 0 Å². The normalized spacial score (nSPS) is 10.2. The maximum Gasteiger partial charge on any atom is 0.379 e. The molecule has 0 amide bonds. The molecule has 0 fully saturated rings. The van der Waals surface area contributed by atoms with E-state index in [0.29, 0.717) is 12.0 Å². The Labute approximate surface area is 113 Å². The van der Waals surface area contributed by atoms with Crippen LogP contribution < -0.4 is 0 Å². The summed E-state index contributed by atoms with van der Waals surface area (Å²) in [6, 6.07) is 3.19. The Kier molecular flexibility index (Phi) is 3.91. The third-order valence-electron chi connectivity index (χ3n) is 2.48. The van der Waals surface area contributed by atoms with Gasteiger partial charge in [-0.2, -0.15) is 11.3 Å². The van der Waals surface area contributed by atoms with Crippen LogP contribution in [0.1, 0.15) is 27.8 Å². The zero-order chi connectivity index (χ0) is 13.8. The van der Waals surface area contributed by atoms with Crippen molar-refractivity contribution in [1.82, 2.24) is 4.57 Å². The van der Waals surface area contributed by atoms with Gasteiger partial charge in [0.2, 0.25) is 0 Å². The van der Waals surface area contributed by atoms with Gasteiger partial charge in [-0.3, -0.25) is 9.59 Å². The molecule has 0 atom stereocenters. The van der Waals surface area contributed by atoms with Crippen LogP contribution in [0.4, 0.5) is 0 Å². The summed E-state index contributed by atoms with van der Waals surface area (Å²) in [5, 5.41) is 3.70. The molecule has 19 heavy (non-hydrogen) atoms. The van der Waals surface area contributed by atoms with Gasteiger partial charge in [-0.25, -0.2) is 4.79 Å².